The molecule has 0 unspecified atom stereocenters. The van der Waals surface area contributed by atoms with Crippen LogP contribution in [0.15, 0.2) is 53.6 Å². The summed E-state index contributed by atoms with van der Waals surface area (Å²) in [5, 5.41) is 5.15. The molecule has 7 nitrogen and oxygen atoms in total. The second-order valence-corrected chi connectivity index (χ2v) is 6.48. The monoisotopic (exact) mass is 349 g/mol. The molecule has 128 valence electrons. The maximum atomic E-state index is 12.3. The van der Waals surface area contributed by atoms with Crippen molar-refractivity contribution in [2.75, 3.05) is 11.9 Å². The third kappa shape index (κ3) is 4.95. The van der Waals surface area contributed by atoms with E-state index in [0.717, 1.165) is 12.8 Å². The molecular formula is C16H19N3O4S. The minimum absolute atomic E-state index is 0.0206. The Hall–Kier alpha value is -2.61. The van der Waals surface area contributed by atoms with Crippen LogP contribution >= 0.6 is 0 Å². The Balaban J connectivity index is 2.13. The number of hydrogen-bond acceptors (Lipinski definition) is 5. The van der Waals surface area contributed by atoms with Crippen molar-refractivity contribution in [3.05, 3.63) is 48.7 Å². The van der Waals surface area contributed by atoms with Crippen LogP contribution in [0.2, 0.25) is 0 Å². The Kier molecular flexibility index (Phi) is 6.14. The summed E-state index contributed by atoms with van der Waals surface area (Å²) in [4.78, 5) is 15.8. The molecule has 1 aromatic carbocycles. The first-order chi connectivity index (χ1) is 11.5. The van der Waals surface area contributed by atoms with Gasteiger partial charge in [0.2, 0.25) is 0 Å². The average molecular weight is 349 g/mol. The van der Waals surface area contributed by atoms with E-state index in [9.17, 15) is 13.2 Å². The van der Waals surface area contributed by atoms with E-state index in [0.29, 0.717) is 6.54 Å². The van der Waals surface area contributed by atoms with Gasteiger partial charge in [0, 0.05) is 12.7 Å². The highest BCUT2D eigenvalue weighted by Crippen LogP contribution is 2.25. The first kappa shape index (κ1) is 17.7. The normalized spacial score (nSPS) is 10.9. The molecule has 2 aromatic rings. The van der Waals surface area contributed by atoms with E-state index in [-0.39, 0.29) is 16.5 Å². The molecule has 1 heterocycles. The summed E-state index contributed by atoms with van der Waals surface area (Å²) in [7, 11) is -4.00. The van der Waals surface area contributed by atoms with E-state index < -0.39 is 16.1 Å². The first-order valence-electron chi connectivity index (χ1n) is 7.52. The molecule has 0 bridgehead atoms. The third-order valence-corrected chi connectivity index (χ3v) is 4.30. The summed E-state index contributed by atoms with van der Waals surface area (Å²) in [5.74, 6) is -0.0157. The van der Waals surface area contributed by atoms with Crippen molar-refractivity contribution in [3.8, 4) is 5.75 Å². The second-order valence-electron chi connectivity index (χ2n) is 4.94. The predicted octanol–water partition coefficient (Wildman–Crippen LogP) is 2.77. The van der Waals surface area contributed by atoms with Crippen molar-refractivity contribution >= 4 is 22.0 Å². The summed E-state index contributed by atoms with van der Waals surface area (Å²) in [6.45, 7) is 2.53. The molecule has 24 heavy (non-hydrogen) atoms. The number of amides is 2. The number of unbranched alkanes of at least 4 members (excludes halogenated alkanes) is 1. The van der Waals surface area contributed by atoms with Gasteiger partial charge in [0.15, 0.2) is 11.6 Å². The number of hydrogen-bond donors (Lipinski definition) is 2. The van der Waals surface area contributed by atoms with Gasteiger partial charge in [-0.3, -0.25) is 5.32 Å². The van der Waals surface area contributed by atoms with Crippen LogP contribution < -0.4 is 14.8 Å². The molecule has 0 aliphatic heterocycles. The highest BCUT2D eigenvalue weighted by molar-refractivity contribution is 7.87. The van der Waals surface area contributed by atoms with Crippen molar-refractivity contribution in [2.45, 2.75) is 24.7 Å². The highest BCUT2D eigenvalue weighted by atomic mass is 32.2. The van der Waals surface area contributed by atoms with Gasteiger partial charge in [-0.25, -0.2) is 9.78 Å². The summed E-state index contributed by atoms with van der Waals surface area (Å²) in [6, 6.07) is 10.2. The van der Waals surface area contributed by atoms with Crippen LogP contribution in [0.25, 0.3) is 0 Å². The Bertz CT molecular complexity index is 779. The molecule has 1 aromatic heterocycles. The summed E-state index contributed by atoms with van der Waals surface area (Å²) < 4.78 is 29.7. The minimum Gasteiger partial charge on any atom is -0.375 e. The lowest BCUT2D eigenvalue weighted by molar-refractivity contribution is 0.252. The van der Waals surface area contributed by atoms with Crippen molar-refractivity contribution < 1.29 is 17.4 Å². The molecule has 0 saturated carbocycles. The van der Waals surface area contributed by atoms with Crippen LogP contribution in [-0.4, -0.2) is 26.0 Å². The Morgan fingerprint density at radius 1 is 1.17 bits per heavy atom. The molecule has 2 rings (SSSR count). The van der Waals surface area contributed by atoms with Gasteiger partial charge >= 0.3 is 16.1 Å². The Labute approximate surface area is 141 Å². The molecule has 2 amide bonds. The molecule has 0 saturated heterocycles. The lowest BCUT2D eigenvalue weighted by atomic mass is 10.3. The fraction of sp³-hybridized carbons (Fsp3) is 0.250. The zero-order chi connectivity index (χ0) is 17.4. The molecule has 0 aliphatic carbocycles. The fourth-order valence-electron chi connectivity index (χ4n) is 1.84. The van der Waals surface area contributed by atoms with E-state index in [1.165, 1.54) is 30.5 Å². The number of carbonyl (C=O) groups is 1. The first-order valence-corrected chi connectivity index (χ1v) is 8.93. The molecule has 0 spiro atoms. The van der Waals surface area contributed by atoms with Crippen LogP contribution in [0.1, 0.15) is 19.8 Å². The van der Waals surface area contributed by atoms with Gasteiger partial charge in [0.05, 0.1) is 0 Å². The number of nitrogens with zero attached hydrogens (tertiary/aromatic N) is 1. The Morgan fingerprint density at radius 2 is 1.92 bits per heavy atom. The number of carbonyl (C=O) groups excluding carboxylic acids is 1. The SMILES string of the molecule is CCCCNC(=O)Nc1ncccc1OS(=O)(=O)c1ccccc1. The van der Waals surface area contributed by atoms with Gasteiger partial charge in [-0.15, -0.1) is 0 Å². The predicted molar refractivity (Wildman–Crippen MR) is 90.4 cm³/mol. The fourth-order valence-corrected chi connectivity index (χ4v) is 2.79. The summed E-state index contributed by atoms with van der Waals surface area (Å²) in [6.07, 6.45) is 3.23. The number of urea groups is 1. The van der Waals surface area contributed by atoms with Crippen molar-refractivity contribution in [1.82, 2.24) is 10.3 Å². The number of rotatable bonds is 7. The van der Waals surface area contributed by atoms with Crippen LogP contribution in [0, 0.1) is 0 Å². The average Bonchev–Trinajstić information content (AvgIpc) is 2.57. The number of benzene rings is 1. The summed E-state index contributed by atoms with van der Waals surface area (Å²) >= 11 is 0. The van der Waals surface area contributed by atoms with Crippen molar-refractivity contribution in [2.24, 2.45) is 0 Å². The van der Waals surface area contributed by atoms with Crippen LogP contribution in [-0.2, 0) is 10.1 Å². The van der Waals surface area contributed by atoms with E-state index >= 15 is 0 Å². The van der Waals surface area contributed by atoms with Crippen molar-refractivity contribution in [1.29, 1.82) is 0 Å². The Morgan fingerprint density at radius 3 is 2.62 bits per heavy atom. The van der Waals surface area contributed by atoms with Gasteiger partial charge in [0.1, 0.15) is 4.90 Å². The van der Waals surface area contributed by atoms with Gasteiger partial charge in [-0.2, -0.15) is 8.42 Å². The van der Waals surface area contributed by atoms with Gasteiger partial charge in [-0.1, -0.05) is 31.5 Å². The maximum Gasteiger partial charge on any atom is 0.339 e. The van der Waals surface area contributed by atoms with Gasteiger partial charge in [-0.05, 0) is 30.7 Å². The zero-order valence-electron chi connectivity index (χ0n) is 13.2. The van der Waals surface area contributed by atoms with Crippen LogP contribution in [0.3, 0.4) is 0 Å². The summed E-state index contributed by atoms with van der Waals surface area (Å²) in [5.41, 5.74) is 0. The number of pyridine rings is 1. The minimum atomic E-state index is -4.00. The number of anilines is 1. The third-order valence-electron chi connectivity index (χ3n) is 3.05. The maximum absolute atomic E-state index is 12.3. The quantitative estimate of drug-likeness (QED) is 0.592. The van der Waals surface area contributed by atoms with E-state index in [1.54, 1.807) is 18.2 Å². The molecule has 0 fully saturated rings. The van der Waals surface area contributed by atoms with Crippen LogP contribution in [0.4, 0.5) is 10.6 Å². The molecule has 0 radical (unpaired) electrons. The van der Waals surface area contributed by atoms with Crippen molar-refractivity contribution in [3.63, 3.8) is 0 Å². The zero-order valence-corrected chi connectivity index (χ0v) is 14.0. The largest absolute Gasteiger partial charge is 0.375 e. The van der Waals surface area contributed by atoms with E-state index in [1.807, 2.05) is 6.92 Å². The standard InChI is InChI=1S/C16H19N3O4S/c1-2-3-11-18-16(20)19-15-14(10-7-12-17-15)23-24(21,22)13-8-5-4-6-9-13/h4-10,12H,2-3,11H2,1H3,(H2,17,18,19,20). The molecule has 2 N–H and O–H groups in total. The molecular weight excluding hydrogens is 330 g/mol. The lowest BCUT2D eigenvalue weighted by Crippen LogP contribution is -2.30. The number of nitrogens with one attached hydrogen (secondary N) is 2. The molecule has 8 heteroatoms. The second kappa shape index (κ2) is 8.30. The van der Waals surface area contributed by atoms with Gasteiger partial charge in [0.25, 0.3) is 0 Å². The molecule has 0 aliphatic rings. The molecule has 0 atom stereocenters. The van der Waals surface area contributed by atoms with Crippen LogP contribution in [0.5, 0.6) is 5.75 Å². The van der Waals surface area contributed by atoms with E-state index in [2.05, 4.69) is 15.6 Å². The van der Waals surface area contributed by atoms with Gasteiger partial charge < -0.3 is 9.50 Å². The van der Waals surface area contributed by atoms with E-state index in [4.69, 9.17) is 4.18 Å². The smallest absolute Gasteiger partial charge is 0.339 e. The highest BCUT2D eigenvalue weighted by Gasteiger charge is 2.19. The lowest BCUT2D eigenvalue weighted by Gasteiger charge is -2.12. The number of aromatic nitrogens is 1. The topological polar surface area (TPSA) is 97.4 Å².